The molecular formula is C20H19ClFN3O3S. The fraction of sp³-hybridized carbons (Fsp3) is 0.300. The number of hydrogen-bond acceptors (Lipinski definition) is 5. The van der Waals surface area contributed by atoms with Crippen LogP contribution in [0.15, 0.2) is 35.3 Å². The molecule has 0 radical (unpaired) electrons. The quantitative estimate of drug-likeness (QED) is 0.653. The maximum Gasteiger partial charge on any atom is 0.341 e. The van der Waals surface area contributed by atoms with Crippen LogP contribution < -0.4 is 15.6 Å². The minimum absolute atomic E-state index is 0.0269. The normalized spacial score (nSPS) is 17.1. The first kappa shape index (κ1) is 19.9. The molecule has 4 rings (SSSR count). The number of carboxylic acid groups (broad SMARTS) is 1. The zero-order chi connectivity index (χ0) is 20.7. The predicted molar refractivity (Wildman–Crippen MR) is 113 cm³/mol. The van der Waals surface area contributed by atoms with Crippen LogP contribution in [0.3, 0.4) is 0 Å². The monoisotopic (exact) mass is 435 g/mol. The average molecular weight is 436 g/mol. The Morgan fingerprint density at radius 1 is 1.41 bits per heavy atom. The zero-order valence-corrected chi connectivity index (χ0v) is 17.2. The molecule has 1 aliphatic rings. The van der Waals surface area contributed by atoms with Gasteiger partial charge >= 0.3 is 5.97 Å². The molecule has 0 bridgehead atoms. The van der Waals surface area contributed by atoms with Gasteiger partial charge in [-0.05, 0) is 31.2 Å². The van der Waals surface area contributed by atoms with E-state index in [1.807, 2.05) is 24.0 Å². The Hall–Kier alpha value is -2.42. The molecule has 0 aliphatic carbocycles. The number of aryl methyl sites for hydroxylation is 1. The van der Waals surface area contributed by atoms with Crippen LogP contribution in [-0.2, 0) is 6.54 Å². The van der Waals surface area contributed by atoms with Crippen molar-refractivity contribution in [3.8, 4) is 0 Å². The number of thiophene rings is 1. The smallest absolute Gasteiger partial charge is 0.341 e. The van der Waals surface area contributed by atoms with Gasteiger partial charge in [0.15, 0.2) is 0 Å². The number of rotatable bonds is 4. The van der Waals surface area contributed by atoms with Gasteiger partial charge in [0.25, 0.3) is 0 Å². The minimum atomic E-state index is -1.32. The van der Waals surface area contributed by atoms with E-state index in [0.29, 0.717) is 41.7 Å². The lowest BCUT2D eigenvalue weighted by Crippen LogP contribution is -2.46. The second kappa shape index (κ2) is 7.78. The summed E-state index contributed by atoms with van der Waals surface area (Å²) in [5.41, 5.74) is -0.109. The average Bonchev–Trinajstić information content (AvgIpc) is 3.14. The van der Waals surface area contributed by atoms with Gasteiger partial charge in [0.2, 0.25) is 5.43 Å². The van der Waals surface area contributed by atoms with Crippen molar-refractivity contribution in [3.05, 3.63) is 61.3 Å². The van der Waals surface area contributed by atoms with Gasteiger partial charge in [0.05, 0.1) is 21.6 Å². The Morgan fingerprint density at radius 3 is 2.86 bits per heavy atom. The largest absolute Gasteiger partial charge is 0.477 e. The minimum Gasteiger partial charge on any atom is -0.477 e. The van der Waals surface area contributed by atoms with Crippen LogP contribution in [0, 0.1) is 5.82 Å². The molecular weight excluding hydrogens is 417 g/mol. The van der Waals surface area contributed by atoms with E-state index >= 15 is 4.39 Å². The van der Waals surface area contributed by atoms with Crippen LogP contribution in [-0.4, -0.2) is 35.3 Å². The van der Waals surface area contributed by atoms with E-state index in [1.54, 1.807) is 10.6 Å². The summed E-state index contributed by atoms with van der Waals surface area (Å²) in [6.07, 6.45) is 1.32. The van der Waals surface area contributed by atoms with Gasteiger partial charge in [-0.25, -0.2) is 9.18 Å². The van der Waals surface area contributed by atoms with Gasteiger partial charge in [0, 0.05) is 42.6 Å². The standard InChI is InChI=1S/C20H19ClFN3O3S/c1-2-24-9-12(20(27)28)19(26)11-7-13(22)16(8-15(11)24)25-6-5-23-14(10-25)17-3-4-18(21)29-17/h3-4,7-9,14,23H,2,5-6,10H2,1H3,(H,27,28). The van der Waals surface area contributed by atoms with E-state index in [9.17, 15) is 14.7 Å². The molecule has 1 fully saturated rings. The van der Waals surface area contributed by atoms with E-state index in [-0.39, 0.29) is 17.0 Å². The fourth-order valence-electron chi connectivity index (χ4n) is 3.73. The van der Waals surface area contributed by atoms with Crippen LogP contribution >= 0.6 is 22.9 Å². The van der Waals surface area contributed by atoms with Gasteiger partial charge in [0.1, 0.15) is 11.4 Å². The fourth-order valence-corrected chi connectivity index (χ4v) is 4.86. The van der Waals surface area contributed by atoms with Crippen molar-refractivity contribution in [3.63, 3.8) is 0 Å². The number of aromatic carboxylic acids is 1. The molecule has 1 atom stereocenters. The van der Waals surface area contributed by atoms with Gasteiger partial charge in [-0.1, -0.05) is 11.6 Å². The highest BCUT2D eigenvalue weighted by atomic mass is 35.5. The molecule has 1 unspecified atom stereocenters. The lowest BCUT2D eigenvalue weighted by atomic mass is 10.1. The molecule has 6 nitrogen and oxygen atoms in total. The number of hydrogen-bond donors (Lipinski definition) is 2. The number of carboxylic acids is 1. The molecule has 2 N–H and O–H groups in total. The van der Waals surface area contributed by atoms with E-state index in [2.05, 4.69) is 5.32 Å². The number of halogens is 2. The van der Waals surface area contributed by atoms with Crippen LogP contribution in [0.2, 0.25) is 4.34 Å². The van der Waals surface area contributed by atoms with Crippen molar-refractivity contribution >= 4 is 45.5 Å². The molecule has 0 saturated carbocycles. The summed E-state index contributed by atoms with van der Waals surface area (Å²) >= 11 is 7.54. The predicted octanol–water partition coefficient (Wildman–Crippen LogP) is 3.72. The van der Waals surface area contributed by atoms with Crippen LogP contribution in [0.4, 0.5) is 10.1 Å². The summed E-state index contributed by atoms with van der Waals surface area (Å²) in [4.78, 5) is 26.9. The molecule has 9 heteroatoms. The number of carbonyl (C=O) groups is 1. The van der Waals surface area contributed by atoms with E-state index in [1.165, 1.54) is 17.5 Å². The molecule has 29 heavy (non-hydrogen) atoms. The molecule has 3 heterocycles. The SMILES string of the molecule is CCn1cc(C(=O)O)c(=O)c2cc(F)c(N3CCNC(c4ccc(Cl)s4)C3)cc21. The Balaban J connectivity index is 1.78. The third-order valence-corrected chi connectivity index (χ3v) is 6.52. The first-order chi connectivity index (χ1) is 13.9. The first-order valence-electron chi connectivity index (χ1n) is 9.22. The summed E-state index contributed by atoms with van der Waals surface area (Å²) < 4.78 is 17.4. The molecule has 152 valence electrons. The Morgan fingerprint density at radius 2 is 2.21 bits per heavy atom. The molecule has 1 saturated heterocycles. The van der Waals surface area contributed by atoms with Crippen molar-refractivity contribution in [2.45, 2.75) is 19.5 Å². The lowest BCUT2D eigenvalue weighted by molar-refractivity contribution is 0.0695. The van der Waals surface area contributed by atoms with Crippen molar-refractivity contribution in [1.29, 1.82) is 0 Å². The Kier molecular flexibility index (Phi) is 5.33. The van der Waals surface area contributed by atoms with Crippen molar-refractivity contribution in [1.82, 2.24) is 9.88 Å². The number of aromatic nitrogens is 1. The number of benzene rings is 1. The van der Waals surface area contributed by atoms with E-state index in [4.69, 9.17) is 11.6 Å². The Labute approximate surface area is 175 Å². The highest BCUT2D eigenvalue weighted by Gasteiger charge is 2.25. The maximum atomic E-state index is 15.0. The van der Waals surface area contributed by atoms with Crippen LogP contribution in [0.5, 0.6) is 0 Å². The zero-order valence-electron chi connectivity index (χ0n) is 15.6. The molecule has 1 aromatic carbocycles. The number of pyridine rings is 1. The van der Waals surface area contributed by atoms with Gasteiger partial charge in [-0.2, -0.15) is 0 Å². The summed E-state index contributed by atoms with van der Waals surface area (Å²) in [5.74, 6) is -1.85. The highest BCUT2D eigenvalue weighted by molar-refractivity contribution is 7.16. The summed E-state index contributed by atoms with van der Waals surface area (Å²) in [5, 5.41) is 12.8. The third-order valence-electron chi connectivity index (χ3n) is 5.17. The van der Waals surface area contributed by atoms with Crippen molar-refractivity contribution in [2.24, 2.45) is 0 Å². The summed E-state index contributed by atoms with van der Waals surface area (Å²) in [6, 6.07) is 6.64. The molecule has 2 aromatic heterocycles. The topological polar surface area (TPSA) is 74.6 Å². The second-order valence-electron chi connectivity index (χ2n) is 6.88. The first-order valence-corrected chi connectivity index (χ1v) is 10.4. The van der Waals surface area contributed by atoms with Crippen molar-refractivity contribution < 1.29 is 14.3 Å². The molecule has 0 spiro atoms. The van der Waals surface area contributed by atoms with E-state index < -0.39 is 17.2 Å². The number of nitrogens with zero attached hydrogens (tertiary/aromatic N) is 2. The van der Waals surface area contributed by atoms with Gasteiger partial charge < -0.3 is 19.9 Å². The number of nitrogens with one attached hydrogen (secondary N) is 1. The molecule has 0 amide bonds. The second-order valence-corrected chi connectivity index (χ2v) is 8.63. The summed E-state index contributed by atoms with van der Waals surface area (Å²) in [6.45, 7) is 4.15. The summed E-state index contributed by atoms with van der Waals surface area (Å²) in [7, 11) is 0. The van der Waals surface area contributed by atoms with Crippen LogP contribution in [0.25, 0.3) is 10.9 Å². The maximum absolute atomic E-state index is 15.0. The van der Waals surface area contributed by atoms with E-state index in [0.717, 1.165) is 10.9 Å². The number of fused-ring (bicyclic) bond motifs is 1. The lowest BCUT2D eigenvalue weighted by Gasteiger charge is -2.35. The highest BCUT2D eigenvalue weighted by Crippen LogP contribution is 2.32. The van der Waals surface area contributed by atoms with Crippen LogP contribution in [0.1, 0.15) is 28.2 Å². The number of piperazine rings is 1. The molecule has 3 aromatic rings. The number of anilines is 1. The van der Waals surface area contributed by atoms with Crippen molar-refractivity contribution in [2.75, 3.05) is 24.5 Å². The van der Waals surface area contributed by atoms with Gasteiger partial charge in [-0.3, -0.25) is 4.79 Å². The Bertz CT molecular complexity index is 1160. The third kappa shape index (κ3) is 3.63. The van der Waals surface area contributed by atoms with Gasteiger partial charge in [-0.15, -0.1) is 11.3 Å². The molecule has 1 aliphatic heterocycles.